The van der Waals surface area contributed by atoms with Gasteiger partial charge >= 0.3 is 0 Å². The predicted molar refractivity (Wildman–Crippen MR) is 87.7 cm³/mol. The van der Waals surface area contributed by atoms with E-state index in [1.54, 1.807) is 36.5 Å². The van der Waals surface area contributed by atoms with Crippen molar-refractivity contribution in [3.05, 3.63) is 42.6 Å². The Bertz CT molecular complexity index is 847. The zero-order chi connectivity index (χ0) is 16.4. The molecule has 0 atom stereocenters. The van der Waals surface area contributed by atoms with Crippen molar-refractivity contribution in [3.63, 3.8) is 0 Å². The van der Waals surface area contributed by atoms with Crippen molar-refractivity contribution in [2.24, 2.45) is 0 Å². The molecule has 0 spiro atoms. The van der Waals surface area contributed by atoms with Crippen LogP contribution >= 0.6 is 0 Å². The van der Waals surface area contributed by atoms with E-state index < -0.39 is 0 Å². The summed E-state index contributed by atoms with van der Waals surface area (Å²) in [6.45, 7) is 0. The van der Waals surface area contributed by atoms with Gasteiger partial charge in [-0.1, -0.05) is 12.1 Å². The summed E-state index contributed by atoms with van der Waals surface area (Å²) in [5.41, 5.74) is 5.82. The summed E-state index contributed by atoms with van der Waals surface area (Å²) < 4.78 is 5.17. The molecular weight excluding hydrogens is 296 g/mol. The van der Waals surface area contributed by atoms with E-state index in [9.17, 15) is 10.2 Å². The monoisotopic (exact) mass is 312 g/mol. The maximum absolute atomic E-state index is 9.90. The van der Waals surface area contributed by atoms with E-state index >= 15 is 0 Å². The molecule has 1 heterocycles. The number of aromatic nitrogens is 1. The molecule has 0 saturated carbocycles. The van der Waals surface area contributed by atoms with Gasteiger partial charge in [0.25, 0.3) is 0 Å². The van der Waals surface area contributed by atoms with Crippen molar-refractivity contribution in [2.45, 2.75) is 0 Å². The summed E-state index contributed by atoms with van der Waals surface area (Å²) in [6, 6.07) is 10.0. The smallest absolute Gasteiger partial charge is 0.161 e. The lowest BCUT2D eigenvalue weighted by Crippen LogP contribution is -2.00. The number of hydrogen-bond donors (Lipinski definition) is 3. The molecule has 3 N–H and O–H groups in total. The van der Waals surface area contributed by atoms with E-state index in [1.807, 2.05) is 0 Å². The Morgan fingerprint density at radius 1 is 1.04 bits per heavy atom. The second-order valence-electron chi connectivity index (χ2n) is 4.94. The molecule has 0 amide bonds. The van der Waals surface area contributed by atoms with Crippen LogP contribution in [0.5, 0.6) is 17.2 Å². The molecule has 6 nitrogen and oxygen atoms in total. The zero-order valence-electron chi connectivity index (χ0n) is 12.7. The molecule has 0 aliphatic rings. The van der Waals surface area contributed by atoms with Crippen LogP contribution in [0.4, 0.5) is 5.69 Å². The minimum absolute atomic E-state index is 0.0215. The van der Waals surface area contributed by atoms with Crippen LogP contribution in [-0.2, 0) is 4.84 Å². The Balaban J connectivity index is 2.27. The summed E-state index contributed by atoms with van der Waals surface area (Å²) in [6.07, 6.45) is 1.68. The number of benzene rings is 2. The van der Waals surface area contributed by atoms with Crippen LogP contribution in [0.15, 0.2) is 42.6 Å². The fourth-order valence-electron chi connectivity index (χ4n) is 2.44. The van der Waals surface area contributed by atoms with Crippen LogP contribution in [0.25, 0.3) is 22.0 Å². The van der Waals surface area contributed by atoms with Gasteiger partial charge in [-0.05, 0) is 23.8 Å². The summed E-state index contributed by atoms with van der Waals surface area (Å²) in [7, 11) is 3.01. The van der Waals surface area contributed by atoms with Gasteiger partial charge in [0.15, 0.2) is 11.5 Å². The number of nitrogens with one attached hydrogen (secondary N) is 1. The first-order valence-corrected chi connectivity index (χ1v) is 6.92. The second kappa shape index (κ2) is 6.02. The van der Waals surface area contributed by atoms with Crippen LogP contribution in [-0.4, -0.2) is 29.4 Å². The maximum Gasteiger partial charge on any atom is 0.161 e. The Morgan fingerprint density at radius 2 is 1.78 bits per heavy atom. The fraction of sp³-hybridized carbons (Fsp3) is 0.118. The van der Waals surface area contributed by atoms with Gasteiger partial charge in [-0.3, -0.25) is 15.3 Å². The van der Waals surface area contributed by atoms with Crippen LogP contribution < -0.4 is 10.2 Å². The first kappa shape index (κ1) is 14.9. The number of fused-ring (bicyclic) bond motifs is 1. The molecule has 0 fully saturated rings. The molecule has 0 saturated heterocycles. The first-order chi connectivity index (χ1) is 11.1. The van der Waals surface area contributed by atoms with Crippen LogP contribution in [0, 0.1) is 0 Å². The minimum atomic E-state index is 0.0215. The topological polar surface area (TPSA) is 83.8 Å². The lowest BCUT2D eigenvalue weighted by molar-refractivity contribution is 0.272. The Hall–Kier alpha value is -2.99. The number of phenolic OH excluding ortho intramolecular Hbond substituents is 2. The highest BCUT2D eigenvalue weighted by molar-refractivity contribution is 6.00. The van der Waals surface area contributed by atoms with Gasteiger partial charge in [-0.25, -0.2) is 0 Å². The summed E-state index contributed by atoms with van der Waals surface area (Å²) in [4.78, 5) is 9.48. The van der Waals surface area contributed by atoms with E-state index in [2.05, 4.69) is 10.5 Å². The van der Waals surface area contributed by atoms with Gasteiger partial charge in [0.1, 0.15) is 5.75 Å². The number of hydrogen-bond acceptors (Lipinski definition) is 6. The number of nitrogens with zero attached hydrogens (tertiary/aromatic N) is 1. The third kappa shape index (κ3) is 2.72. The molecule has 0 aliphatic heterocycles. The van der Waals surface area contributed by atoms with Crippen molar-refractivity contribution in [1.29, 1.82) is 0 Å². The summed E-state index contributed by atoms with van der Waals surface area (Å²) in [5.74, 6) is 0.560. The Morgan fingerprint density at radius 3 is 2.43 bits per heavy atom. The van der Waals surface area contributed by atoms with Crippen LogP contribution in [0.2, 0.25) is 0 Å². The Labute approximate surface area is 132 Å². The van der Waals surface area contributed by atoms with Crippen molar-refractivity contribution in [1.82, 2.24) is 4.98 Å². The highest BCUT2D eigenvalue weighted by Crippen LogP contribution is 2.38. The largest absolute Gasteiger partial charge is 0.508 e. The number of ether oxygens (including phenoxy) is 1. The van der Waals surface area contributed by atoms with Gasteiger partial charge in [0, 0.05) is 23.2 Å². The SMILES string of the molecule is CONc1c(-c2ccc(O)cc2)cnc2cc(O)c(OC)cc12. The van der Waals surface area contributed by atoms with E-state index in [-0.39, 0.29) is 11.5 Å². The molecule has 0 unspecified atom stereocenters. The van der Waals surface area contributed by atoms with E-state index in [0.29, 0.717) is 17.0 Å². The number of aromatic hydroxyl groups is 2. The quantitative estimate of drug-likeness (QED) is 0.641. The fourth-order valence-corrected chi connectivity index (χ4v) is 2.44. The molecule has 1 aromatic heterocycles. The second-order valence-corrected chi connectivity index (χ2v) is 4.94. The lowest BCUT2D eigenvalue weighted by Gasteiger charge is -2.14. The molecule has 118 valence electrons. The summed E-state index contributed by atoms with van der Waals surface area (Å²) >= 11 is 0. The number of phenols is 2. The highest BCUT2D eigenvalue weighted by Gasteiger charge is 2.14. The Kier molecular flexibility index (Phi) is 3.91. The van der Waals surface area contributed by atoms with Gasteiger partial charge in [0.05, 0.1) is 25.4 Å². The van der Waals surface area contributed by atoms with E-state index in [0.717, 1.165) is 16.5 Å². The van der Waals surface area contributed by atoms with Gasteiger partial charge < -0.3 is 14.9 Å². The number of rotatable bonds is 4. The van der Waals surface area contributed by atoms with Gasteiger partial charge in [-0.2, -0.15) is 0 Å². The molecule has 23 heavy (non-hydrogen) atoms. The third-order valence-corrected chi connectivity index (χ3v) is 3.55. The normalized spacial score (nSPS) is 10.7. The molecule has 0 aliphatic carbocycles. The number of anilines is 1. The minimum Gasteiger partial charge on any atom is -0.508 e. The van der Waals surface area contributed by atoms with Crippen molar-refractivity contribution >= 4 is 16.6 Å². The average molecular weight is 312 g/mol. The van der Waals surface area contributed by atoms with Gasteiger partial charge in [-0.15, -0.1) is 0 Å². The molecule has 0 bridgehead atoms. The van der Waals surface area contributed by atoms with E-state index in [4.69, 9.17) is 9.57 Å². The molecule has 6 heteroatoms. The van der Waals surface area contributed by atoms with E-state index in [1.165, 1.54) is 20.3 Å². The molecule has 3 rings (SSSR count). The molecule has 3 aromatic rings. The first-order valence-electron chi connectivity index (χ1n) is 6.92. The number of methoxy groups -OCH3 is 1. The highest BCUT2D eigenvalue weighted by atomic mass is 16.6. The van der Waals surface area contributed by atoms with Gasteiger partial charge in [0.2, 0.25) is 0 Å². The molecule has 2 aromatic carbocycles. The average Bonchev–Trinajstić information content (AvgIpc) is 2.56. The number of pyridine rings is 1. The lowest BCUT2D eigenvalue weighted by atomic mass is 10.0. The van der Waals surface area contributed by atoms with Crippen LogP contribution in [0.1, 0.15) is 0 Å². The molecular formula is C17H16N2O4. The van der Waals surface area contributed by atoms with Crippen molar-refractivity contribution in [2.75, 3.05) is 19.7 Å². The predicted octanol–water partition coefficient (Wildman–Crippen LogP) is 3.29. The third-order valence-electron chi connectivity index (χ3n) is 3.55. The van der Waals surface area contributed by atoms with Crippen LogP contribution in [0.3, 0.4) is 0 Å². The van der Waals surface area contributed by atoms with Crippen molar-refractivity contribution in [3.8, 4) is 28.4 Å². The van der Waals surface area contributed by atoms with Crippen molar-refractivity contribution < 1.29 is 19.8 Å². The molecule has 0 radical (unpaired) electrons. The summed E-state index contributed by atoms with van der Waals surface area (Å²) in [5, 5.41) is 20.1. The standard InChI is InChI=1S/C17H16N2O4/c1-22-16-7-12-14(8-15(16)21)18-9-13(17(12)19-23-2)10-3-5-11(20)6-4-10/h3-9,20-21H,1-2H3,(H,18,19). The zero-order valence-corrected chi connectivity index (χ0v) is 12.7. The maximum atomic E-state index is 9.90.